The third-order valence-electron chi connectivity index (χ3n) is 4.39. The van der Waals surface area contributed by atoms with E-state index < -0.39 is 10.0 Å². The zero-order valence-electron chi connectivity index (χ0n) is 15.6. The summed E-state index contributed by atoms with van der Waals surface area (Å²) in [5, 5.41) is 3.88. The second kappa shape index (κ2) is 7.49. The Morgan fingerprint density at radius 3 is 2.59 bits per heavy atom. The van der Waals surface area contributed by atoms with E-state index in [0.717, 1.165) is 16.6 Å². The van der Waals surface area contributed by atoms with Crippen LogP contribution in [-0.2, 0) is 10.0 Å². The molecule has 0 aliphatic heterocycles. The summed E-state index contributed by atoms with van der Waals surface area (Å²) in [5.41, 5.74) is 2.32. The minimum absolute atomic E-state index is 0.248. The molecular formula is C20H17BrN4O3S. The van der Waals surface area contributed by atoms with Gasteiger partial charge in [-0.3, -0.25) is 0 Å². The molecule has 4 aromatic rings. The van der Waals surface area contributed by atoms with Gasteiger partial charge < -0.3 is 10.1 Å². The van der Waals surface area contributed by atoms with Gasteiger partial charge >= 0.3 is 0 Å². The van der Waals surface area contributed by atoms with Crippen molar-refractivity contribution in [1.29, 1.82) is 0 Å². The number of benzene rings is 2. The van der Waals surface area contributed by atoms with Crippen LogP contribution in [0.2, 0.25) is 0 Å². The van der Waals surface area contributed by atoms with Gasteiger partial charge in [0.15, 0.2) is 0 Å². The van der Waals surface area contributed by atoms with Crippen LogP contribution in [0.15, 0.2) is 70.3 Å². The van der Waals surface area contributed by atoms with Crippen LogP contribution in [0.3, 0.4) is 0 Å². The molecule has 0 unspecified atom stereocenters. The number of aromatic nitrogens is 3. The minimum atomic E-state index is -3.67. The highest BCUT2D eigenvalue weighted by molar-refractivity contribution is 9.10. The van der Waals surface area contributed by atoms with E-state index in [9.17, 15) is 8.42 Å². The average Bonchev–Trinajstić information content (AvgIpc) is 3.14. The van der Waals surface area contributed by atoms with Crippen molar-refractivity contribution in [2.45, 2.75) is 11.8 Å². The zero-order chi connectivity index (χ0) is 20.6. The normalized spacial score (nSPS) is 11.6. The number of rotatable bonds is 5. The Hall–Kier alpha value is -2.91. The molecule has 148 valence electrons. The zero-order valence-corrected chi connectivity index (χ0v) is 18.0. The van der Waals surface area contributed by atoms with E-state index in [-0.39, 0.29) is 4.90 Å². The van der Waals surface area contributed by atoms with Crippen LogP contribution in [-0.4, -0.2) is 29.5 Å². The lowest BCUT2D eigenvalue weighted by Crippen LogP contribution is -2.11. The van der Waals surface area contributed by atoms with Crippen LogP contribution < -0.4 is 10.1 Å². The number of hydrogen-bond acceptors (Lipinski definition) is 6. The monoisotopic (exact) mass is 472 g/mol. The Morgan fingerprint density at radius 2 is 1.86 bits per heavy atom. The summed E-state index contributed by atoms with van der Waals surface area (Å²) in [6, 6.07) is 13.9. The SMILES string of the molecule is COc1nc(Nc2ccc3c(ccn3S(=O)(=O)c3ccc(C)cc3)c2)ncc1Br. The van der Waals surface area contributed by atoms with Crippen molar-refractivity contribution in [3.63, 3.8) is 0 Å². The summed E-state index contributed by atoms with van der Waals surface area (Å²) in [6.45, 7) is 1.92. The first-order valence-corrected chi connectivity index (χ1v) is 10.9. The van der Waals surface area contributed by atoms with Crippen LogP contribution in [0.5, 0.6) is 5.88 Å². The predicted molar refractivity (Wildman–Crippen MR) is 115 cm³/mol. The highest BCUT2D eigenvalue weighted by Gasteiger charge is 2.19. The van der Waals surface area contributed by atoms with E-state index in [1.54, 1.807) is 54.9 Å². The molecule has 0 saturated heterocycles. The molecule has 7 nitrogen and oxygen atoms in total. The molecule has 0 atom stereocenters. The molecule has 29 heavy (non-hydrogen) atoms. The van der Waals surface area contributed by atoms with Gasteiger partial charge in [-0.2, -0.15) is 4.98 Å². The summed E-state index contributed by atoms with van der Waals surface area (Å²) in [4.78, 5) is 8.72. The Kier molecular flexibility index (Phi) is 5.01. The number of ether oxygens (including phenoxy) is 1. The number of methoxy groups -OCH3 is 1. The number of nitrogens with one attached hydrogen (secondary N) is 1. The van der Waals surface area contributed by atoms with E-state index >= 15 is 0 Å². The number of aryl methyl sites for hydroxylation is 1. The Balaban J connectivity index is 1.68. The topological polar surface area (TPSA) is 86.1 Å². The molecule has 1 N–H and O–H groups in total. The molecule has 0 bridgehead atoms. The lowest BCUT2D eigenvalue weighted by atomic mass is 10.2. The van der Waals surface area contributed by atoms with Crippen molar-refractivity contribution in [1.82, 2.24) is 13.9 Å². The predicted octanol–water partition coefficient (Wildman–Crippen LogP) is 4.49. The van der Waals surface area contributed by atoms with Gasteiger partial charge in [0.1, 0.15) is 0 Å². The quantitative estimate of drug-likeness (QED) is 0.460. The van der Waals surface area contributed by atoms with E-state index in [1.165, 1.54) is 11.1 Å². The van der Waals surface area contributed by atoms with Crippen molar-refractivity contribution in [2.75, 3.05) is 12.4 Å². The van der Waals surface area contributed by atoms with Crippen molar-refractivity contribution < 1.29 is 13.2 Å². The summed E-state index contributed by atoms with van der Waals surface area (Å²) in [7, 11) is -2.15. The van der Waals surface area contributed by atoms with Gasteiger partial charge in [-0.15, -0.1) is 0 Å². The maximum atomic E-state index is 13.0. The highest BCUT2D eigenvalue weighted by atomic mass is 79.9. The van der Waals surface area contributed by atoms with E-state index in [4.69, 9.17) is 4.74 Å². The van der Waals surface area contributed by atoms with Gasteiger partial charge in [-0.25, -0.2) is 17.4 Å². The van der Waals surface area contributed by atoms with Gasteiger partial charge in [0, 0.05) is 17.3 Å². The van der Waals surface area contributed by atoms with Crippen molar-refractivity contribution >= 4 is 48.5 Å². The van der Waals surface area contributed by atoms with Crippen LogP contribution in [0.25, 0.3) is 10.9 Å². The first-order valence-electron chi connectivity index (χ1n) is 8.65. The molecular weight excluding hydrogens is 456 g/mol. The first-order chi connectivity index (χ1) is 13.9. The summed E-state index contributed by atoms with van der Waals surface area (Å²) in [5.74, 6) is 0.787. The van der Waals surface area contributed by atoms with Gasteiger partial charge in [0.05, 0.1) is 28.2 Å². The van der Waals surface area contributed by atoms with E-state index in [1.807, 2.05) is 13.0 Å². The number of halogens is 1. The molecule has 0 aliphatic rings. The van der Waals surface area contributed by atoms with Crippen LogP contribution in [0.4, 0.5) is 11.6 Å². The Labute approximate surface area is 176 Å². The standard InChI is InChI=1S/C20H17BrN4O3S/c1-13-3-6-16(7-4-13)29(26,27)25-10-9-14-11-15(5-8-18(14)25)23-20-22-12-17(21)19(24-20)28-2/h3-12H,1-2H3,(H,22,23,24). The lowest BCUT2D eigenvalue weighted by Gasteiger charge is -2.10. The summed E-state index contributed by atoms with van der Waals surface area (Å²) >= 11 is 3.32. The maximum Gasteiger partial charge on any atom is 0.268 e. The smallest absolute Gasteiger partial charge is 0.268 e. The second-order valence-corrected chi connectivity index (χ2v) is 9.05. The molecule has 0 radical (unpaired) electrons. The number of anilines is 2. The van der Waals surface area contributed by atoms with Gasteiger partial charge in [-0.1, -0.05) is 17.7 Å². The van der Waals surface area contributed by atoms with Gasteiger partial charge in [0.2, 0.25) is 11.8 Å². The molecule has 4 rings (SSSR count). The Bertz CT molecular complexity index is 1300. The fourth-order valence-corrected chi connectivity index (χ4v) is 4.62. The van der Waals surface area contributed by atoms with Crippen molar-refractivity contribution in [2.24, 2.45) is 0 Å². The molecule has 2 heterocycles. The molecule has 0 spiro atoms. The average molecular weight is 473 g/mol. The van der Waals surface area contributed by atoms with E-state index in [0.29, 0.717) is 21.8 Å². The van der Waals surface area contributed by atoms with Gasteiger partial charge in [0.25, 0.3) is 10.0 Å². The molecule has 0 fully saturated rings. The summed E-state index contributed by atoms with van der Waals surface area (Å²) in [6.07, 6.45) is 3.15. The van der Waals surface area contributed by atoms with Gasteiger partial charge in [-0.05, 0) is 59.3 Å². The summed E-state index contributed by atoms with van der Waals surface area (Å²) < 4.78 is 33.1. The third-order valence-corrected chi connectivity index (χ3v) is 6.64. The molecule has 0 saturated carbocycles. The molecule has 0 amide bonds. The van der Waals surface area contributed by atoms with Crippen LogP contribution in [0.1, 0.15) is 5.56 Å². The third kappa shape index (κ3) is 3.70. The fraction of sp³-hybridized carbons (Fsp3) is 0.100. The molecule has 0 aliphatic carbocycles. The molecule has 9 heteroatoms. The van der Waals surface area contributed by atoms with E-state index in [2.05, 4.69) is 31.2 Å². The minimum Gasteiger partial charge on any atom is -0.480 e. The Morgan fingerprint density at radius 1 is 1.10 bits per heavy atom. The first kappa shape index (κ1) is 19.4. The highest BCUT2D eigenvalue weighted by Crippen LogP contribution is 2.27. The van der Waals surface area contributed by atoms with Crippen molar-refractivity contribution in [3.8, 4) is 5.88 Å². The fourth-order valence-electron chi connectivity index (χ4n) is 2.91. The van der Waals surface area contributed by atoms with Crippen molar-refractivity contribution in [3.05, 3.63) is 71.0 Å². The maximum absolute atomic E-state index is 13.0. The second-order valence-electron chi connectivity index (χ2n) is 6.38. The molecule has 2 aromatic carbocycles. The van der Waals surface area contributed by atoms with Crippen LogP contribution in [0, 0.1) is 6.92 Å². The number of fused-ring (bicyclic) bond motifs is 1. The number of nitrogens with zero attached hydrogens (tertiary/aromatic N) is 3. The molecule has 2 aromatic heterocycles. The number of hydrogen-bond donors (Lipinski definition) is 1. The largest absolute Gasteiger partial charge is 0.480 e. The van der Waals surface area contributed by atoms with Crippen LogP contribution >= 0.6 is 15.9 Å². The lowest BCUT2D eigenvalue weighted by molar-refractivity contribution is 0.394.